The molecule has 0 spiro atoms. The van der Waals surface area contributed by atoms with Gasteiger partial charge >= 0.3 is 0 Å². The predicted octanol–water partition coefficient (Wildman–Crippen LogP) is 4.27. The molecule has 1 amide bonds. The Bertz CT molecular complexity index is 1120. The SMILES string of the molecule is CCn1ncc2c(N[C@@H]3CCC[C@@H](O)C3)c(C(=O)N[C@H](C)c3ccc(C)cc3C)cnc21. The lowest BCUT2D eigenvalue weighted by atomic mass is 9.92. The highest BCUT2D eigenvalue weighted by Crippen LogP contribution is 2.30. The number of hydrogen-bond acceptors (Lipinski definition) is 5. The molecule has 1 saturated carbocycles. The van der Waals surface area contributed by atoms with Crippen molar-refractivity contribution in [2.24, 2.45) is 0 Å². The number of pyridine rings is 1. The second kappa shape index (κ2) is 9.28. The van der Waals surface area contributed by atoms with E-state index in [9.17, 15) is 9.90 Å². The molecule has 0 aliphatic heterocycles. The van der Waals surface area contributed by atoms with Gasteiger partial charge in [-0.05, 0) is 64.5 Å². The first-order chi connectivity index (χ1) is 15.4. The molecular formula is C25H33N5O2. The lowest BCUT2D eigenvalue weighted by molar-refractivity contribution is 0.0940. The van der Waals surface area contributed by atoms with Crippen LogP contribution in [0.5, 0.6) is 0 Å². The van der Waals surface area contributed by atoms with Gasteiger partial charge in [0.15, 0.2) is 5.65 Å². The van der Waals surface area contributed by atoms with Crippen molar-refractivity contribution in [3.63, 3.8) is 0 Å². The maximum atomic E-state index is 13.4. The van der Waals surface area contributed by atoms with E-state index in [1.165, 1.54) is 5.56 Å². The number of carbonyl (C=O) groups is 1. The average molecular weight is 436 g/mol. The quantitative estimate of drug-likeness (QED) is 0.538. The van der Waals surface area contributed by atoms with E-state index in [0.717, 1.165) is 47.1 Å². The number of anilines is 1. The minimum absolute atomic E-state index is 0.109. The summed E-state index contributed by atoms with van der Waals surface area (Å²) in [5, 5.41) is 22.1. The number of amides is 1. The monoisotopic (exact) mass is 435 g/mol. The minimum atomic E-state index is -0.307. The van der Waals surface area contributed by atoms with Gasteiger partial charge in [0.2, 0.25) is 0 Å². The molecule has 3 N–H and O–H groups in total. The van der Waals surface area contributed by atoms with Crippen molar-refractivity contribution in [1.82, 2.24) is 20.1 Å². The van der Waals surface area contributed by atoms with Crippen LogP contribution >= 0.6 is 0 Å². The Morgan fingerprint density at radius 3 is 2.81 bits per heavy atom. The van der Waals surface area contributed by atoms with Crippen molar-refractivity contribution < 1.29 is 9.90 Å². The van der Waals surface area contributed by atoms with Gasteiger partial charge in [0.05, 0.1) is 35.0 Å². The fourth-order valence-electron chi connectivity index (χ4n) is 4.75. The molecular weight excluding hydrogens is 402 g/mol. The number of aryl methyl sites for hydroxylation is 3. The average Bonchev–Trinajstić information content (AvgIpc) is 3.17. The zero-order valence-corrected chi connectivity index (χ0v) is 19.4. The second-order valence-corrected chi connectivity index (χ2v) is 8.96. The highest BCUT2D eigenvalue weighted by molar-refractivity contribution is 6.06. The summed E-state index contributed by atoms with van der Waals surface area (Å²) in [5.41, 5.74) is 5.47. The Morgan fingerprint density at radius 2 is 2.09 bits per heavy atom. The first kappa shape index (κ1) is 22.3. The van der Waals surface area contributed by atoms with E-state index in [1.807, 2.05) is 18.5 Å². The third-order valence-corrected chi connectivity index (χ3v) is 6.44. The van der Waals surface area contributed by atoms with Gasteiger partial charge in [0, 0.05) is 18.8 Å². The molecule has 0 radical (unpaired) electrons. The lowest BCUT2D eigenvalue weighted by Crippen LogP contribution is -2.32. The summed E-state index contributed by atoms with van der Waals surface area (Å²) in [6.07, 6.45) is 6.54. The Balaban J connectivity index is 1.66. The molecule has 7 heteroatoms. The van der Waals surface area contributed by atoms with Gasteiger partial charge in [0.1, 0.15) is 0 Å². The van der Waals surface area contributed by atoms with Crippen LogP contribution in [0.25, 0.3) is 11.0 Å². The van der Waals surface area contributed by atoms with E-state index >= 15 is 0 Å². The van der Waals surface area contributed by atoms with E-state index in [0.29, 0.717) is 18.5 Å². The van der Waals surface area contributed by atoms with Crippen molar-refractivity contribution in [3.05, 3.63) is 52.8 Å². The second-order valence-electron chi connectivity index (χ2n) is 8.96. The van der Waals surface area contributed by atoms with Crippen LogP contribution in [0.4, 0.5) is 5.69 Å². The van der Waals surface area contributed by atoms with Crippen LogP contribution in [0.3, 0.4) is 0 Å². The van der Waals surface area contributed by atoms with Crippen LogP contribution in [-0.2, 0) is 6.54 Å². The Kier molecular flexibility index (Phi) is 6.46. The van der Waals surface area contributed by atoms with Crippen molar-refractivity contribution >= 4 is 22.6 Å². The first-order valence-electron chi connectivity index (χ1n) is 11.5. The molecule has 7 nitrogen and oxygen atoms in total. The van der Waals surface area contributed by atoms with E-state index < -0.39 is 0 Å². The van der Waals surface area contributed by atoms with Crippen LogP contribution in [0.15, 0.2) is 30.6 Å². The van der Waals surface area contributed by atoms with Crippen molar-refractivity contribution in [3.8, 4) is 0 Å². The standard InChI is InChI=1S/C25H33N5O2/c1-5-30-24-21(14-27-30)23(29-18-7-6-8-19(31)12-18)22(13-26-24)25(32)28-17(4)20-10-9-15(2)11-16(20)3/h9-11,13-14,17-19,31H,5-8,12H2,1-4H3,(H,26,29)(H,28,32)/t17-,18-,19-/m1/s1. The van der Waals surface area contributed by atoms with Crippen LogP contribution in [0.2, 0.25) is 0 Å². The number of nitrogens with one attached hydrogen (secondary N) is 2. The summed E-state index contributed by atoms with van der Waals surface area (Å²) < 4.78 is 1.83. The van der Waals surface area contributed by atoms with Gasteiger partial charge in [-0.2, -0.15) is 5.10 Å². The number of hydrogen-bond donors (Lipinski definition) is 3. The molecule has 2 aromatic heterocycles. The van der Waals surface area contributed by atoms with Crippen LogP contribution in [0.1, 0.15) is 72.6 Å². The summed E-state index contributed by atoms with van der Waals surface area (Å²) in [6, 6.07) is 6.25. The van der Waals surface area contributed by atoms with E-state index in [4.69, 9.17) is 0 Å². The van der Waals surface area contributed by atoms with Crippen LogP contribution in [0, 0.1) is 13.8 Å². The number of benzene rings is 1. The molecule has 0 unspecified atom stereocenters. The van der Waals surface area contributed by atoms with Gasteiger partial charge in [-0.1, -0.05) is 23.8 Å². The molecule has 1 aromatic carbocycles. The molecule has 3 atom stereocenters. The topological polar surface area (TPSA) is 92.1 Å². The van der Waals surface area contributed by atoms with E-state index in [1.54, 1.807) is 12.4 Å². The Labute approximate surface area is 189 Å². The molecule has 170 valence electrons. The van der Waals surface area contributed by atoms with Crippen LogP contribution in [-0.4, -0.2) is 37.9 Å². The number of aliphatic hydroxyl groups excluding tert-OH is 1. The fourth-order valence-corrected chi connectivity index (χ4v) is 4.75. The highest BCUT2D eigenvalue weighted by Gasteiger charge is 2.25. The summed E-state index contributed by atoms with van der Waals surface area (Å²) in [7, 11) is 0. The normalized spacial score (nSPS) is 19.7. The molecule has 0 bridgehead atoms. The molecule has 4 rings (SSSR count). The highest BCUT2D eigenvalue weighted by atomic mass is 16.3. The van der Waals surface area contributed by atoms with Crippen molar-refractivity contribution in [1.29, 1.82) is 0 Å². The maximum Gasteiger partial charge on any atom is 0.255 e. The third-order valence-electron chi connectivity index (χ3n) is 6.44. The van der Waals surface area contributed by atoms with E-state index in [-0.39, 0.29) is 24.1 Å². The van der Waals surface area contributed by atoms with Gasteiger partial charge in [-0.25, -0.2) is 9.67 Å². The maximum absolute atomic E-state index is 13.4. The Morgan fingerprint density at radius 1 is 1.28 bits per heavy atom. The van der Waals surface area contributed by atoms with Gasteiger partial charge in [0.25, 0.3) is 5.91 Å². The smallest absolute Gasteiger partial charge is 0.255 e. The molecule has 1 fully saturated rings. The zero-order chi connectivity index (χ0) is 22.8. The number of aromatic nitrogens is 3. The summed E-state index contributed by atoms with van der Waals surface area (Å²) in [6.45, 7) is 8.86. The number of fused-ring (bicyclic) bond motifs is 1. The van der Waals surface area contributed by atoms with Crippen molar-refractivity contribution in [2.45, 2.75) is 78.1 Å². The zero-order valence-electron chi connectivity index (χ0n) is 19.4. The summed E-state index contributed by atoms with van der Waals surface area (Å²) in [5.74, 6) is -0.171. The lowest BCUT2D eigenvalue weighted by Gasteiger charge is -2.28. The summed E-state index contributed by atoms with van der Waals surface area (Å²) in [4.78, 5) is 17.9. The van der Waals surface area contributed by atoms with Gasteiger partial charge in [-0.3, -0.25) is 4.79 Å². The number of rotatable bonds is 6. The number of aliphatic hydroxyl groups is 1. The number of carbonyl (C=O) groups excluding carboxylic acids is 1. The summed E-state index contributed by atoms with van der Waals surface area (Å²) >= 11 is 0. The molecule has 2 heterocycles. The Hall–Kier alpha value is -2.93. The molecule has 1 aliphatic rings. The van der Waals surface area contributed by atoms with Gasteiger partial charge < -0.3 is 15.7 Å². The first-order valence-corrected chi connectivity index (χ1v) is 11.5. The largest absolute Gasteiger partial charge is 0.393 e. The third kappa shape index (κ3) is 4.48. The van der Waals surface area contributed by atoms with Crippen molar-refractivity contribution in [2.75, 3.05) is 5.32 Å². The molecule has 0 saturated heterocycles. The van der Waals surface area contributed by atoms with Gasteiger partial charge in [-0.15, -0.1) is 0 Å². The fraction of sp³-hybridized carbons (Fsp3) is 0.480. The number of nitrogens with zero attached hydrogens (tertiary/aromatic N) is 3. The molecule has 3 aromatic rings. The molecule has 32 heavy (non-hydrogen) atoms. The molecule has 1 aliphatic carbocycles. The predicted molar refractivity (Wildman–Crippen MR) is 127 cm³/mol. The minimum Gasteiger partial charge on any atom is -0.393 e. The van der Waals surface area contributed by atoms with Crippen LogP contribution < -0.4 is 10.6 Å². The van der Waals surface area contributed by atoms with E-state index in [2.05, 4.69) is 52.8 Å².